The van der Waals surface area contributed by atoms with Gasteiger partial charge < -0.3 is 5.32 Å². The minimum absolute atomic E-state index is 0.714. The van der Waals surface area contributed by atoms with E-state index in [9.17, 15) is 0 Å². The molecule has 0 aromatic heterocycles. The summed E-state index contributed by atoms with van der Waals surface area (Å²) >= 11 is 2.04. The third-order valence-corrected chi connectivity index (χ3v) is 4.90. The van der Waals surface area contributed by atoms with Crippen LogP contribution in [0.1, 0.15) is 19.8 Å². The van der Waals surface area contributed by atoms with Crippen LogP contribution in [-0.2, 0) is 0 Å². The van der Waals surface area contributed by atoms with Gasteiger partial charge in [0.05, 0.1) is 0 Å². The first kappa shape index (κ1) is 11.0. The van der Waals surface area contributed by atoms with Gasteiger partial charge in [0.15, 0.2) is 0 Å². The molecule has 3 atom stereocenters. The maximum absolute atomic E-state index is 3.42. The molecule has 2 heteroatoms. The molecular weight excluding hydrogens is 202 g/mol. The Bertz CT molecular complexity index is 299. The van der Waals surface area contributed by atoms with E-state index < -0.39 is 0 Å². The Kier molecular flexibility index (Phi) is 3.71. The van der Waals surface area contributed by atoms with Crippen molar-refractivity contribution in [2.45, 2.75) is 36.0 Å². The van der Waals surface area contributed by atoms with E-state index in [0.29, 0.717) is 6.04 Å². The molecule has 0 bridgehead atoms. The Hall–Kier alpha value is -0.470. The van der Waals surface area contributed by atoms with Gasteiger partial charge in [0, 0.05) is 16.2 Å². The van der Waals surface area contributed by atoms with E-state index in [1.165, 1.54) is 17.7 Å². The third-order valence-electron chi connectivity index (χ3n) is 3.38. The Morgan fingerprint density at radius 2 is 1.93 bits per heavy atom. The van der Waals surface area contributed by atoms with Crippen molar-refractivity contribution < 1.29 is 0 Å². The smallest absolute Gasteiger partial charge is 0.0135 e. The molecular formula is C13H19NS. The van der Waals surface area contributed by atoms with Gasteiger partial charge in [-0.3, -0.25) is 0 Å². The lowest BCUT2D eigenvalue weighted by Gasteiger charge is -2.19. The third kappa shape index (κ3) is 2.56. The minimum Gasteiger partial charge on any atom is -0.317 e. The van der Waals surface area contributed by atoms with Crippen LogP contribution < -0.4 is 5.32 Å². The number of rotatable bonds is 3. The quantitative estimate of drug-likeness (QED) is 0.841. The fourth-order valence-corrected chi connectivity index (χ4v) is 3.70. The molecule has 15 heavy (non-hydrogen) atoms. The fraction of sp³-hybridized carbons (Fsp3) is 0.538. The highest BCUT2D eigenvalue weighted by Crippen LogP contribution is 2.38. The van der Waals surface area contributed by atoms with Gasteiger partial charge in [0.2, 0.25) is 0 Å². The molecule has 1 fully saturated rings. The number of hydrogen-bond donors (Lipinski definition) is 1. The summed E-state index contributed by atoms with van der Waals surface area (Å²) in [7, 11) is 2.08. The van der Waals surface area contributed by atoms with E-state index in [4.69, 9.17) is 0 Å². The lowest BCUT2D eigenvalue weighted by molar-refractivity contribution is 0.464. The molecule has 0 saturated heterocycles. The van der Waals surface area contributed by atoms with Crippen LogP contribution >= 0.6 is 11.8 Å². The zero-order chi connectivity index (χ0) is 10.7. The van der Waals surface area contributed by atoms with Gasteiger partial charge >= 0.3 is 0 Å². The summed E-state index contributed by atoms with van der Waals surface area (Å²) in [6.07, 6.45) is 2.66. The topological polar surface area (TPSA) is 12.0 Å². The molecule has 0 spiro atoms. The van der Waals surface area contributed by atoms with Crippen molar-refractivity contribution in [1.29, 1.82) is 0 Å². The van der Waals surface area contributed by atoms with Gasteiger partial charge in [-0.05, 0) is 37.9 Å². The highest BCUT2D eigenvalue weighted by atomic mass is 32.2. The summed E-state index contributed by atoms with van der Waals surface area (Å²) < 4.78 is 0. The summed E-state index contributed by atoms with van der Waals surface area (Å²) in [5, 5.41) is 4.20. The van der Waals surface area contributed by atoms with Crippen molar-refractivity contribution in [3.8, 4) is 0 Å². The monoisotopic (exact) mass is 221 g/mol. The Labute approximate surface area is 96.7 Å². The summed E-state index contributed by atoms with van der Waals surface area (Å²) in [6, 6.07) is 11.5. The van der Waals surface area contributed by atoms with Crippen molar-refractivity contribution in [3.05, 3.63) is 30.3 Å². The lowest BCUT2D eigenvalue weighted by Crippen LogP contribution is -2.29. The van der Waals surface area contributed by atoms with Gasteiger partial charge in [0.25, 0.3) is 0 Å². The number of benzene rings is 1. The first-order valence-electron chi connectivity index (χ1n) is 5.70. The van der Waals surface area contributed by atoms with Crippen LogP contribution in [0.3, 0.4) is 0 Å². The predicted molar refractivity (Wildman–Crippen MR) is 67.3 cm³/mol. The maximum atomic E-state index is 3.42. The largest absolute Gasteiger partial charge is 0.317 e. The van der Waals surface area contributed by atoms with Crippen molar-refractivity contribution in [1.82, 2.24) is 5.32 Å². The number of thioether (sulfide) groups is 1. The normalized spacial score (nSPS) is 30.7. The van der Waals surface area contributed by atoms with Crippen LogP contribution in [0.4, 0.5) is 0 Å². The summed E-state index contributed by atoms with van der Waals surface area (Å²) in [4.78, 5) is 1.41. The zero-order valence-corrected chi connectivity index (χ0v) is 10.3. The zero-order valence-electron chi connectivity index (χ0n) is 9.44. The molecule has 0 radical (unpaired) electrons. The molecule has 1 aliphatic rings. The van der Waals surface area contributed by atoms with Crippen LogP contribution in [0.5, 0.6) is 0 Å². The predicted octanol–water partition coefficient (Wildman–Crippen LogP) is 3.17. The summed E-state index contributed by atoms with van der Waals surface area (Å²) in [5.41, 5.74) is 0. The van der Waals surface area contributed by atoms with Crippen molar-refractivity contribution in [2.24, 2.45) is 5.92 Å². The standard InChI is InChI=1S/C13H19NS/c1-10-12(14-2)8-9-13(10)15-11-6-4-3-5-7-11/h3-7,10,12-14H,8-9H2,1-2H3. The summed E-state index contributed by atoms with van der Waals surface area (Å²) in [6.45, 7) is 2.37. The van der Waals surface area contributed by atoms with E-state index in [1.807, 2.05) is 11.8 Å². The van der Waals surface area contributed by atoms with Gasteiger partial charge in [-0.1, -0.05) is 25.1 Å². The van der Waals surface area contributed by atoms with Crippen LogP contribution in [0.25, 0.3) is 0 Å². The van der Waals surface area contributed by atoms with Crippen molar-refractivity contribution in [2.75, 3.05) is 7.05 Å². The average molecular weight is 221 g/mol. The maximum Gasteiger partial charge on any atom is 0.0135 e. The molecule has 0 heterocycles. The van der Waals surface area contributed by atoms with Gasteiger partial charge in [-0.25, -0.2) is 0 Å². The molecule has 82 valence electrons. The van der Waals surface area contributed by atoms with Crippen LogP contribution in [-0.4, -0.2) is 18.3 Å². The molecule has 3 unspecified atom stereocenters. The second-order valence-electron chi connectivity index (χ2n) is 4.30. The Morgan fingerprint density at radius 3 is 2.53 bits per heavy atom. The molecule has 1 N–H and O–H groups in total. The Balaban J connectivity index is 1.96. The van der Waals surface area contributed by atoms with Crippen LogP contribution in [0, 0.1) is 5.92 Å². The summed E-state index contributed by atoms with van der Waals surface area (Å²) in [5.74, 6) is 0.778. The molecule has 1 aromatic rings. The highest BCUT2D eigenvalue weighted by molar-refractivity contribution is 8.00. The second-order valence-corrected chi connectivity index (χ2v) is 5.61. The molecule has 1 nitrogen and oxygen atoms in total. The number of hydrogen-bond acceptors (Lipinski definition) is 2. The molecule has 1 aromatic carbocycles. The first-order valence-corrected chi connectivity index (χ1v) is 6.58. The first-order chi connectivity index (χ1) is 7.31. The molecule has 0 aliphatic heterocycles. The van der Waals surface area contributed by atoms with E-state index in [-0.39, 0.29) is 0 Å². The highest BCUT2D eigenvalue weighted by Gasteiger charge is 2.32. The second kappa shape index (κ2) is 5.04. The van der Waals surface area contributed by atoms with E-state index in [0.717, 1.165) is 11.2 Å². The van der Waals surface area contributed by atoms with Gasteiger partial charge in [0.1, 0.15) is 0 Å². The number of nitrogens with one attached hydrogen (secondary N) is 1. The van der Waals surface area contributed by atoms with Gasteiger partial charge in [-0.15, -0.1) is 11.8 Å². The average Bonchev–Trinajstić information content (AvgIpc) is 2.62. The minimum atomic E-state index is 0.714. The molecule has 1 aliphatic carbocycles. The van der Waals surface area contributed by atoms with Crippen molar-refractivity contribution in [3.63, 3.8) is 0 Å². The lowest BCUT2D eigenvalue weighted by atomic mass is 10.1. The molecule has 2 rings (SSSR count). The fourth-order valence-electron chi connectivity index (χ4n) is 2.38. The van der Waals surface area contributed by atoms with E-state index >= 15 is 0 Å². The van der Waals surface area contributed by atoms with E-state index in [2.05, 4.69) is 49.6 Å². The van der Waals surface area contributed by atoms with Crippen LogP contribution in [0.2, 0.25) is 0 Å². The van der Waals surface area contributed by atoms with Crippen molar-refractivity contribution >= 4 is 11.8 Å². The Morgan fingerprint density at radius 1 is 1.20 bits per heavy atom. The van der Waals surface area contributed by atoms with Crippen LogP contribution in [0.15, 0.2) is 35.2 Å². The molecule has 1 saturated carbocycles. The van der Waals surface area contributed by atoms with E-state index in [1.54, 1.807) is 0 Å². The van der Waals surface area contributed by atoms with Gasteiger partial charge in [-0.2, -0.15) is 0 Å². The SMILES string of the molecule is CNC1CCC(Sc2ccccc2)C1C. The molecule has 0 amide bonds.